The number of aromatic nitrogens is 1. The lowest BCUT2D eigenvalue weighted by molar-refractivity contribution is 0.293. The number of nitrogens with zero attached hydrogens (tertiary/aromatic N) is 2. The highest BCUT2D eigenvalue weighted by atomic mass is 19.1. The second-order valence-corrected chi connectivity index (χ2v) is 3.84. The van der Waals surface area contributed by atoms with Crippen molar-refractivity contribution in [2.75, 3.05) is 0 Å². The van der Waals surface area contributed by atoms with Gasteiger partial charge in [-0.15, -0.1) is 0 Å². The van der Waals surface area contributed by atoms with Crippen molar-refractivity contribution in [1.82, 2.24) is 4.57 Å². The van der Waals surface area contributed by atoms with E-state index in [0.717, 1.165) is 0 Å². The molecule has 0 saturated carbocycles. The van der Waals surface area contributed by atoms with Crippen LogP contribution >= 0.6 is 0 Å². The van der Waals surface area contributed by atoms with Crippen molar-refractivity contribution in [1.29, 1.82) is 5.26 Å². The van der Waals surface area contributed by atoms with Crippen molar-refractivity contribution < 1.29 is 9.13 Å². The monoisotopic (exact) mass is 258 g/mol. The molecule has 2 aromatic rings. The molecule has 96 valence electrons. The molecule has 1 heterocycles. The summed E-state index contributed by atoms with van der Waals surface area (Å²) in [6, 6.07) is 11.2. The number of benzene rings is 1. The van der Waals surface area contributed by atoms with E-state index in [-0.39, 0.29) is 24.7 Å². The molecule has 0 aliphatic rings. The number of pyridine rings is 1. The van der Waals surface area contributed by atoms with Gasteiger partial charge in [-0.05, 0) is 18.2 Å². The first-order valence-electron chi connectivity index (χ1n) is 5.65. The first-order valence-corrected chi connectivity index (χ1v) is 5.65. The average Bonchev–Trinajstić information content (AvgIpc) is 2.42. The van der Waals surface area contributed by atoms with Gasteiger partial charge >= 0.3 is 0 Å². The Morgan fingerprint density at radius 1 is 1.26 bits per heavy atom. The van der Waals surface area contributed by atoms with Crippen LogP contribution in [0.15, 0.2) is 47.4 Å². The zero-order chi connectivity index (χ0) is 13.7. The molecule has 0 bridgehead atoms. The molecule has 1 aromatic heterocycles. The maximum atomic E-state index is 13.4. The Bertz CT molecular complexity index is 674. The van der Waals surface area contributed by atoms with Crippen LogP contribution in [0.2, 0.25) is 0 Å². The van der Waals surface area contributed by atoms with E-state index in [0.29, 0.717) is 5.56 Å². The summed E-state index contributed by atoms with van der Waals surface area (Å²) >= 11 is 0. The summed E-state index contributed by atoms with van der Waals surface area (Å²) in [5.41, 5.74) is -0.0297. The van der Waals surface area contributed by atoms with Crippen LogP contribution in [0.5, 0.6) is 5.75 Å². The van der Waals surface area contributed by atoms with Gasteiger partial charge in [-0.1, -0.05) is 18.2 Å². The molecular weight excluding hydrogens is 247 g/mol. The van der Waals surface area contributed by atoms with Crippen molar-refractivity contribution >= 4 is 0 Å². The zero-order valence-electron chi connectivity index (χ0n) is 10.0. The van der Waals surface area contributed by atoms with Gasteiger partial charge in [-0.2, -0.15) is 5.26 Å². The molecule has 2 rings (SSSR count). The van der Waals surface area contributed by atoms with E-state index in [1.54, 1.807) is 24.3 Å². The number of rotatable bonds is 4. The molecule has 0 saturated heterocycles. The summed E-state index contributed by atoms with van der Waals surface area (Å²) in [4.78, 5) is 11.9. The molecule has 0 radical (unpaired) electrons. The molecule has 1 aromatic carbocycles. The minimum atomic E-state index is -0.402. The van der Waals surface area contributed by atoms with Crippen LogP contribution in [-0.4, -0.2) is 4.57 Å². The van der Waals surface area contributed by atoms with Crippen LogP contribution in [0.1, 0.15) is 5.56 Å². The molecule has 0 unspecified atom stereocenters. The van der Waals surface area contributed by atoms with Crippen LogP contribution in [0.4, 0.5) is 4.39 Å². The molecule has 19 heavy (non-hydrogen) atoms. The van der Waals surface area contributed by atoms with Gasteiger partial charge in [0.1, 0.15) is 19.0 Å². The van der Waals surface area contributed by atoms with Gasteiger partial charge in [-0.25, -0.2) is 4.39 Å². The number of nitriles is 1. The number of ether oxygens (including phenoxy) is 1. The molecule has 0 fully saturated rings. The smallest absolute Gasteiger partial charge is 0.293 e. The summed E-state index contributed by atoms with van der Waals surface area (Å²) in [6.45, 7) is -0.0752. The summed E-state index contributed by atoms with van der Waals surface area (Å²) in [7, 11) is 0. The fourth-order valence-electron chi connectivity index (χ4n) is 1.60. The third kappa shape index (κ3) is 2.99. The summed E-state index contributed by atoms with van der Waals surface area (Å²) in [5.74, 6) is -0.281. The first-order chi connectivity index (χ1) is 9.22. The Morgan fingerprint density at radius 3 is 2.79 bits per heavy atom. The van der Waals surface area contributed by atoms with Crippen molar-refractivity contribution in [3.05, 3.63) is 64.3 Å². The van der Waals surface area contributed by atoms with E-state index >= 15 is 0 Å². The predicted molar refractivity (Wildman–Crippen MR) is 67.0 cm³/mol. The van der Waals surface area contributed by atoms with Crippen LogP contribution in [0.3, 0.4) is 0 Å². The van der Waals surface area contributed by atoms with E-state index in [1.165, 1.54) is 22.9 Å². The highest BCUT2D eigenvalue weighted by molar-refractivity contribution is 5.20. The lowest BCUT2D eigenvalue weighted by Crippen LogP contribution is -2.20. The highest BCUT2D eigenvalue weighted by Gasteiger charge is 2.06. The van der Waals surface area contributed by atoms with Gasteiger partial charge in [-0.3, -0.25) is 9.36 Å². The maximum Gasteiger partial charge on any atom is 0.293 e. The third-order valence-corrected chi connectivity index (χ3v) is 2.57. The predicted octanol–water partition coefficient (Wildman–Crippen LogP) is 2.09. The molecule has 0 atom stereocenters. The molecule has 0 N–H and O–H groups in total. The minimum absolute atomic E-state index is 0.0293. The lowest BCUT2D eigenvalue weighted by atomic mass is 10.2. The molecule has 0 aliphatic carbocycles. The largest absolute Gasteiger partial charge is 0.483 e. The second-order valence-electron chi connectivity index (χ2n) is 3.84. The zero-order valence-corrected chi connectivity index (χ0v) is 10.0. The van der Waals surface area contributed by atoms with Gasteiger partial charge in [0.25, 0.3) is 5.56 Å². The van der Waals surface area contributed by atoms with E-state index in [1.807, 2.05) is 6.07 Å². The summed E-state index contributed by atoms with van der Waals surface area (Å²) < 4.78 is 19.9. The SMILES string of the molecule is N#CCn1cccc(OCc2ccccc2F)c1=O. The Morgan fingerprint density at radius 2 is 2.05 bits per heavy atom. The average molecular weight is 258 g/mol. The summed E-state index contributed by atoms with van der Waals surface area (Å²) in [6.07, 6.45) is 1.50. The highest BCUT2D eigenvalue weighted by Crippen LogP contribution is 2.10. The van der Waals surface area contributed by atoms with Crippen molar-refractivity contribution in [3.8, 4) is 11.8 Å². The maximum absolute atomic E-state index is 13.4. The number of halogens is 1. The first kappa shape index (κ1) is 12.8. The molecule has 4 nitrogen and oxygen atoms in total. The second kappa shape index (κ2) is 5.83. The Kier molecular flexibility index (Phi) is 3.94. The Hall–Kier alpha value is -2.61. The fourth-order valence-corrected chi connectivity index (χ4v) is 1.60. The molecule has 5 heteroatoms. The van der Waals surface area contributed by atoms with Gasteiger partial charge in [0.15, 0.2) is 5.75 Å². The van der Waals surface area contributed by atoms with Crippen molar-refractivity contribution in [2.45, 2.75) is 13.2 Å². The van der Waals surface area contributed by atoms with Crippen LogP contribution in [-0.2, 0) is 13.2 Å². The summed E-state index contributed by atoms with van der Waals surface area (Å²) in [5, 5.41) is 8.58. The van der Waals surface area contributed by atoms with Crippen LogP contribution in [0.25, 0.3) is 0 Å². The third-order valence-electron chi connectivity index (χ3n) is 2.57. The minimum Gasteiger partial charge on any atom is -0.483 e. The lowest BCUT2D eigenvalue weighted by Gasteiger charge is -2.08. The van der Waals surface area contributed by atoms with Gasteiger partial charge in [0, 0.05) is 11.8 Å². The molecular formula is C14H11FN2O2. The van der Waals surface area contributed by atoms with Gasteiger partial charge in [0.05, 0.1) is 6.07 Å². The number of hydrogen-bond donors (Lipinski definition) is 0. The van der Waals surface area contributed by atoms with Crippen LogP contribution < -0.4 is 10.3 Å². The van der Waals surface area contributed by atoms with E-state index < -0.39 is 5.56 Å². The Labute approximate surface area is 109 Å². The van der Waals surface area contributed by atoms with Crippen molar-refractivity contribution in [2.24, 2.45) is 0 Å². The topological polar surface area (TPSA) is 55.0 Å². The Balaban J connectivity index is 2.17. The van der Waals surface area contributed by atoms with Gasteiger partial charge < -0.3 is 4.74 Å². The molecule has 0 amide bonds. The molecule has 0 aliphatic heterocycles. The molecule has 0 spiro atoms. The quantitative estimate of drug-likeness (QED) is 0.843. The number of hydrogen-bond acceptors (Lipinski definition) is 3. The fraction of sp³-hybridized carbons (Fsp3) is 0.143. The van der Waals surface area contributed by atoms with Crippen LogP contribution in [0, 0.1) is 17.1 Å². The van der Waals surface area contributed by atoms with Gasteiger partial charge in [0.2, 0.25) is 0 Å². The van der Waals surface area contributed by atoms with E-state index in [2.05, 4.69) is 0 Å². The van der Waals surface area contributed by atoms with E-state index in [9.17, 15) is 9.18 Å². The normalized spacial score (nSPS) is 9.89. The van der Waals surface area contributed by atoms with E-state index in [4.69, 9.17) is 10.00 Å². The standard InChI is InChI=1S/C14H11FN2O2/c15-12-5-2-1-4-11(12)10-19-13-6-3-8-17(9-7-16)14(13)18/h1-6,8H,9-10H2. The van der Waals surface area contributed by atoms with Crippen molar-refractivity contribution in [3.63, 3.8) is 0 Å².